The minimum atomic E-state index is -0.821. The van der Waals surface area contributed by atoms with Crippen LogP contribution in [0.1, 0.15) is 19.3 Å². The maximum atomic E-state index is 11.9. The molecule has 0 aliphatic heterocycles. The Bertz CT molecular complexity index is 520. The summed E-state index contributed by atoms with van der Waals surface area (Å²) in [6, 6.07) is 7.27. The monoisotopic (exact) mass is 309 g/mol. The molecule has 1 aromatic carbocycles. The van der Waals surface area contributed by atoms with Crippen molar-refractivity contribution in [2.24, 2.45) is 5.92 Å². The van der Waals surface area contributed by atoms with E-state index in [2.05, 4.69) is 5.32 Å². The fourth-order valence-electron chi connectivity index (χ4n) is 2.52. The second-order valence-corrected chi connectivity index (χ2v) is 6.07. The van der Waals surface area contributed by atoms with Crippen molar-refractivity contribution in [2.45, 2.75) is 30.2 Å². The van der Waals surface area contributed by atoms with E-state index in [1.807, 2.05) is 24.3 Å². The van der Waals surface area contributed by atoms with Gasteiger partial charge in [0.2, 0.25) is 5.91 Å². The number of hydrogen-bond acceptors (Lipinski definition) is 4. The van der Waals surface area contributed by atoms with Crippen molar-refractivity contribution in [1.82, 2.24) is 5.32 Å². The molecule has 2 atom stereocenters. The molecule has 21 heavy (non-hydrogen) atoms. The van der Waals surface area contributed by atoms with Gasteiger partial charge in [0.05, 0.1) is 18.8 Å². The fraction of sp³-hybridized carbons (Fsp3) is 0.467. The van der Waals surface area contributed by atoms with Gasteiger partial charge in [-0.3, -0.25) is 9.59 Å². The fourth-order valence-corrected chi connectivity index (χ4v) is 3.27. The molecule has 0 aromatic heterocycles. The van der Waals surface area contributed by atoms with Crippen molar-refractivity contribution >= 4 is 23.6 Å². The number of aliphatic carboxylic acids is 1. The highest BCUT2D eigenvalue weighted by Gasteiger charge is 2.33. The first-order chi connectivity index (χ1) is 10.1. The third kappa shape index (κ3) is 4.39. The highest BCUT2D eigenvalue weighted by Crippen LogP contribution is 2.26. The van der Waals surface area contributed by atoms with Crippen LogP contribution in [0.25, 0.3) is 0 Å². The molecular weight excluding hydrogens is 290 g/mol. The lowest BCUT2D eigenvalue weighted by molar-refractivity contribution is -0.142. The summed E-state index contributed by atoms with van der Waals surface area (Å²) in [5.41, 5.74) is 0. The topological polar surface area (TPSA) is 75.6 Å². The van der Waals surface area contributed by atoms with Crippen LogP contribution in [-0.2, 0) is 9.59 Å². The number of ether oxygens (including phenoxy) is 1. The summed E-state index contributed by atoms with van der Waals surface area (Å²) in [6.45, 7) is 0. The molecule has 1 amide bonds. The summed E-state index contributed by atoms with van der Waals surface area (Å²) in [5, 5.41) is 11.9. The normalized spacial score (nSPS) is 21.0. The number of hydrogen-bond donors (Lipinski definition) is 2. The number of thioether (sulfide) groups is 1. The number of benzene rings is 1. The zero-order chi connectivity index (χ0) is 15.2. The van der Waals surface area contributed by atoms with Crippen LogP contribution in [0.3, 0.4) is 0 Å². The van der Waals surface area contributed by atoms with Gasteiger partial charge in [-0.1, -0.05) is 12.5 Å². The van der Waals surface area contributed by atoms with Crippen LogP contribution < -0.4 is 10.1 Å². The molecule has 1 aliphatic rings. The Morgan fingerprint density at radius 2 is 2.24 bits per heavy atom. The zero-order valence-electron chi connectivity index (χ0n) is 11.9. The molecule has 2 N–H and O–H groups in total. The van der Waals surface area contributed by atoms with Crippen LogP contribution in [0.15, 0.2) is 29.2 Å². The molecule has 0 spiro atoms. The second-order valence-electron chi connectivity index (χ2n) is 5.02. The third-order valence-electron chi connectivity index (χ3n) is 3.59. The number of rotatable bonds is 6. The first-order valence-electron chi connectivity index (χ1n) is 6.89. The lowest BCUT2D eigenvalue weighted by Crippen LogP contribution is -2.40. The van der Waals surface area contributed by atoms with Crippen molar-refractivity contribution in [1.29, 1.82) is 0 Å². The molecule has 0 heterocycles. The van der Waals surface area contributed by atoms with Crippen molar-refractivity contribution in [3.05, 3.63) is 24.3 Å². The van der Waals surface area contributed by atoms with E-state index in [1.165, 1.54) is 11.8 Å². The van der Waals surface area contributed by atoms with Gasteiger partial charge in [0.15, 0.2) is 0 Å². The van der Waals surface area contributed by atoms with Gasteiger partial charge in [-0.15, -0.1) is 11.8 Å². The largest absolute Gasteiger partial charge is 0.497 e. The number of carboxylic acid groups (broad SMARTS) is 1. The molecule has 1 aliphatic carbocycles. The van der Waals surface area contributed by atoms with E-state index >= 15 is 0 Å². The molecule has 0 saturated heterocycles. The van der Waals surface area contributed by atoms with Gasteiger partial charge in [0.25, 0.3) is 0 Å². The molecule has 1 fully saturated rings. The second kappa shape index (κ2) is 7.36. The lowest BCUT2D eigenvalue weighted by Gasteiger charge is -2.17. The first kappa shape index (κ1) is 15.7. The van der Waals surface area contributed by atoms with Crippen LogP contribution >= 0.6 is 11.8 Å². The van der Waals surface area contributed by atoms with Crippen LogP contribution in [0, 0.1) is 5.92 Å². The first-order valence-corrected chi connectivity index (χ1v) is 7.87. The number of nitrogens with one attached hydrogen (secondary N) is 1. The van der Waals surface area contributed by atoms with Crippen molar-refractivity contribution in [2.75, 3.05) is 12.9 Å². The van der Waals surface area contributed by atoms with Crippen LogP contribution in [-0.4, -0.2) is 35.9 Å². The molecule has 2 rings (SSSR count). The number of carbonyl (C=O) groups is 2. The van der Waals surface area contributed by atoms with Crippen molar-refractivity contribution in [3.63, 3.8) is 0 Å². The number of amides is 1. The third-order valence-corrected chi connectivity index (χ3v) is 4.58. The van der Waals surface area contributed by atoms with E-state index in [0.717, 1.165) is 23.5 Å². The highest BCUT2D eigenvalue weighted by molar-refractivity contribution is 8.00. The molecule has 114 valence electrons. The molecule has 0 unspecified atom stereocenters. The Morgan fingerprint density at radius 3 is 2.95 bits per heavy atom. The molecule has 0 bridgehead atoms. The number of carboxylic acids is 1. The molecule has 5 nitrogen and oxygen atoms in total. The van der Waals surface area contributed by atoms with Gasteiger partial charge in [0, 0.05) is 10.9 Å². The predicted octanol–water partition coefficient (Wildman–Crippen LogP) is 2.16. The van der Waals surface area contributed by atoms with Crippen molar-refractivity contribution in [3.8, 4) is 5.75 Å². The summed E-state index contributed by atoms with van der Waals surface area (Å²) in [5.74, 6) is -0.368. The maximum Gasteiger partial charge on any atom is 0.308 e. The van der Waals surface area contributed by atoms with Gasteiger partial charge in [-0.05, 0) is 31.0 Å². The van der Waals surface area contributed by atoms with E-state index < -0.39 is 11.9 Å². The van der Waals surface area contributed by atoms with Crippen LogP contribution in [0.2, 0.25) is 0 Å². The summed E-state index contributed by atoms with van der Waals surface area (Å²) in [7, 11) is 1.60. The molecule has 6 heteroatoms. The Morgan fingerprint density at radius 1 is 1.43 bits per heavy atom. The minimum Gasteiger partial charge on any atom is -0.497 e. The summed E-state index contributed by atoms with van der Waals surface area (Å²) in [6.07, 6.45) is 2.24. The van der Waals surface area contributed by atoms with E-state index in [9.17, 15) is 9.59 Å². The number of carbonyl (C=O) groups excluding carboxylic acids is 1. The van der Waals surface area contributed by atoms with Gasteiger partial charge in [-0.2, -0.15) is 0 Å². The predicted molar refractivity (Wildman–Crippen MR) is 80.6 cm³/mol. The average molecular weight is 309 g/mol. The molecule has 1 saturated carbocycles. The molecule has 0 radical (unpaired) electrons. The van der Waals surface area contributed by atoms with Crippen molar-refractivity contribution < 1.29 is 19.4 Å². The van der Waals surface area contributed by atoms with E-state index in [4.69, 9.17) is 9.84 Å². The standard InChI is InChI=1S/C15H19NO4S/c1-20-10-4-2-5-11(8-10)21-9-14(17)16-13-7-3-6-12(13)15(18)19/h2,4-5,8,12-13H,3,6-7,9H2,1H3,(H,16,17)(H,18,19)/t12-,13+/m0/s1. The van der Waals surface area contributed by atoms with Crippen LogP contribution in [0.4, 0.5) is 0 Å². The zero-order valence-corrected chi connectivity index (χ0v) is 12.7. The van der Waals surface area contributed by atoms with Gasteiger partial charge in [-0.25, -0.2) is 0 Å². The van der Waals surface area contributed by atoms with Gasteiger partial charge < -0.3 is 15.2 Å². The maximum absolute atomic E-state index is 11.9. The SMILES string of the molecule is COc1cccc(SCC(=O)N[C@@H]2CCC[C@@H]2C(=O)O)c1. The highest BCUT2D eigenvalue weighted by atomic mass is 32.2. The Labute approximate surface area is 128 Å². The van der Waals surface area contributed by atoms with Crippen LogP contribution in [0.5, 0.6) is 5.75 Å². The lowest BCUT2D eigenvalue weighted by atomic mass is 10.0. The van der Waals surface area contributed by atoms with E-state index in [-0.39, 0.29) is 17.7 Å². The Balaban J connectivity index is 1.83. The van der Waals surface area contributed by atoms with Gasteiger partial charge in [0.1, 0.15) is 5.75 Å². The smallest absolute Gasteiger partial charge is 0.308 e. The van der Waals surface area contributed by atoms with E-state index in [0.29, 0.717) is 6.42 Å². The summed E-state index contributed by atoms with van der Waals surface area (Å²) < 4.78 is 5.13. The minimum absolute atomic E-state index is 0.124. The quantitative estimate of drug-likeness (QED) is 0.788. The van der Waals surface area contributed by atoms with E-state index in [1.54, 1.807) is 7.11 Å². The molecule has 1 aromatic rings. The Kier molecular flexibility index (Phi) is 5.50. The molecular formula is C15H19NO4S. The Hall–Kier alpha value is -1.69. The number of methoxy groups -OCH3 is 1. The van der Waals surface area contributed by atoms with Gasteiger partial charge >= 0.3 is 5.97 Å². The summed E-state index contributed by atoms with van der Waals surface area (Å²) in [4.78, 5) is 24.0. The average Bonchev–Trinajstić information content (AvgIpc) is 2.93. The summed E-state index contributed by atoms with van der Waals surface area (Å²) >= 11 is 1.41.